The molecule has 1 unspecified atom stereocenters. The molecule has 0 bridgehead atoms. The molecule has 7 heteroatoms. The molecule has 1 aromatic heterocycles. The molecule has 1 aromatic rings. The third-order valence-corrected chi connectivity index (χ3v) is 4.69. The lowest BCUT2D eigenvalue weighted by Gasteiger charge is -2.06. The van der Waals surface area contributed by atoms with E-state index < -0.39 is 4.92 Å². The summed E-state index contributed by atoms with van der Waals surface area (Å²) in [5.41, 5.74) is -0.0185. The van der Waals surface area contributed by atoms with E-state index >= 15 is 0 Å². The largest absolute Gasteiger partial charge is 0.396 e. The minimum Gasteiger partial charge on any atom is -0.396 e. The zero-order chi connectivity index (χ0) is 13.0. The third kappa shape index (κ3) is 3.79. The summed E-state index contributed by atoms with van der Waals surface area (Å²) in [6.07, 6.45) is 0.565. The van der Waals surface area contributed by atoms with Crippen LogP contribution < -0.4 is 0 Å². The van der Waals surface area contributed by atoms with Gasteiger partial charge in [-0.15, -0.1) is 23.1 Å². The van der Waals surface area contributed by atoms with E-state index in [2.05, 4.69) is 0 Å². The molecule has 0 aliphatic heterocycles. The summed E-state index contributed by atoms with van der Waals surface area (Å²) in [5, 5.41) is 19.7. The lowest BCUT2D eigenvalue weighted by Crippen LogP contribution is -1.99. The van der Waals surface area contributed by atoms with Crippen molar-refractivity contribution in [1.82, 2.24) is 0 Å². The van der Waals surface area contributed by atoms with Crippen LogP contribution in [0.1, 0.15) is 29.9 Å². The Bertz CT molecular complexity index is 430. The fraction of sp³-hybridized carbons (Fsp3) is 0.500. The van der Waals surface area contributed by atoms with Crippen LogP contribution >= 0.6 is 23.1 Å². The number of aliphatic hydroxyl groups excluding tert-OH is 1. The van der Waals surface area contributed by atoms with Gasteiger partial charge in [0, 0.05) is 17.9 Å². The molecule has 94 valence electrons. The maximum absolute atomic E-state index is 11.2. The molecular formula is C10H13NO4S2. The maximum atomic E-state index is 11.2. The molecule has 0 fully saturated rings. The summed E-state index contributed by atoms with van der Waals surface area (Å²) in [6.45, 7) is 3.33. The lowest BCUT2D eigenvalue weighted by molar-refractivity contribution is -0.387. The number of hydrogen-bond acceptors (Lipinski definition) is 6. The van der Waals surface area contributed by atoms with Gasteiger partial charge in [0.1, 0.15) is 4.21 Å². The summed E-state index contributed by atoms with van der Waals surface area (Å²) in [7, 11) is 0. The van der Waals surface area contributed by atoms with Crippen LogP contribution in [0.15, 0.2) is 10.3 Å². The molecular weight excluding hydrogens is 262 g/mol. The Morgan fingerprint density at radius 1 is 1.71 bits per heavy atom. The first kappa shape index (κ1) is 14.1. The van der Waals surface area contributed by atoms with Crippen LogP contribution in [0.5, 0.6) is 0 Å². The molecule has 0 amide bonds. The van der Waals surface area contributed by atoms with Crippen molar-refractivity contribution < 1.29 is 14.8 Å². The predicted molar refractivity (Wildman–Crippen MR) is 68.0 cm³/mol. The molecule has 0 aliphatic carbocycles. The van der Waals surface area contributed by atoms with Crippen molar-refractivity contribution in [3.63, 3.8) is 0 Å². The molecule has 0 radical (unpaired) electrons. The molecule has 0 aliphatic rings. The van der Waals surface area contributed by atoms with E-state index in [0.29, 0.717) is 15.5 Å². The molecule has 1 rings (SSSR count). The average Bonchev–Trinajstić information content (AvgIpc) is 2.62. The highest BCUT2D eigenvalue weighted by atomic mass is 32.2. The van der Waals surface area contributed by atoms with E-state index in [1.165, 1.54) is 24.8 Å². The van der Waals surface area contributed by atoms with Gasteiger partial charge in [0.25, 0.3) is 5.69 Å². The topological polar surface area (TPSA) is 80.4 Å². The Morgan fingerprint density at radius 2 is 2.35 bits per heavy atom. The number of thiophene rings is 1. The van der Waals surface area contributed by atoms with Gasteiger partial charge in [-0.05, 0) is 13.3 Å². The van der Waals surface area contributed by atoms with E-state index in [9.17, 15) is 14.9 Å². The summed E-state index contributed by atoms with van der Waals surface area (Å²) < 4.78 is 0.529. The van der Waals surface area contributed by atoms with Gasteiger partial charge in [-0.3, -0.25) is 14.9 Å². The number of aliphatic hydroxyl groups is 1. The second kappa shape index (κ2) is 6.13. The molecule has 1 N–H and O–H groups in total. The highest BCUT2D eigenvalue weighted by Crippen LogP contribution is 2.40. The van der Waals surface area contributed by atoms with Crippen LogP contribution in [0.3, 0.4) is 0 Å². The Balaban J connectivity index is 2.96. The number of thioether (sulfide) groups is 1. The van der Waals surface area contributed by atoms with E-state index in [1.54, 1.807) is 0 Å². The molecule has 17 heavy (non-hydrogen) atoms. The van der Waals surface area contributed by atoms with Crippen LogP contribution in [-0.2, 0) is 0 Å². The molecule has 1 heterocycles. The number of carbonyl (C=O) groups excluding carboxylic acids is 1. The number of ketones is 1. The maximum Gasteiger partial charge on any atom is 0.294 e. The van der Waals surface area contributed by atoms with Crippen molar-refractivity contribution in [2.45, 2.75) is 29.7 Å². The fourth-order valence-corrected chi connectivity index (χ4v) is 3.72. The summed E-state index contributed by atoms with van der Waals surface area (Å²) in [6, 6.07) is 1.32. The molecule has 0 saturated heterocycles. The fourth-order valence-electron chi connectivity index (χ4n) is 1.17. The van der Waals surface area contributed by atoms with Gasteiger partial charge in [-0.2, -0.15) is 0 Å². The Kier molecular flexibility index (Phi) is 5.10. The normalized spacial score (nSPS) is 12.4. The number of rotatable bonds is 6. The summed E-state index contributed by atoms with van der Waals surface area (Å²) in [5.74, 6) is -0.167. The number of Topliss-reactive ketones (excluding diaryl/α,β-unsaturated/α-hetero) is 1. The van der Waals surface area contributed by atoms with Crippen LogP contribution in [0.4, 0.5) is 5.69 Å². The monoisotopic (exact) mass is 275 g/mol. The van der Waals surface area contributed by atoms with Gasteiger partial charge in [-0.1, -0.05) is 6.92 Å². The Labute approximate surface area is 107 Å². The lowest BCUT2D eigenvalue weighted by atomic mass is 10.3. The highest BCUT2D eigenvalue weighted by molar-refractivity contribution is 8.01. The van der Waals surface area contributed by atoms with Crippen molar-refractivity contribution in [1.29, 1.82) is 0 Å². The first-order valence-electron chi connectivity index (χ1n) is 5.02. The molecule has 0 aromatic carbocycles. The number of carbonyl (C=O) groups is 1. The minimum atomic E-state index is -0.475. The standard InChI is InChI=1S/C10H13NO4S2/c1-6(3-4-12)16-10-8(11(14)15)5-9(17-10)7(2)13/h5-6,12H,3-4H2,1-2H3. The molecule has 0 spiro atoms. The van der Waals surface area contributed by atoms with Gasteiger partial charge < -0.3 is 5.11 Å². The first-order valence-corrected chi connectivity index (χ1v) is 6.72. The quantitative estimate of drug-likeness (QED) is 0.373. The zero-order valence-corrected chi connectivity index (χ0v) is 11.1. The van der Waals surface area contributed by atoms with Crippen molar-refractivity contribution in [2.24, 2.45) is 0 Å². The van der Waals surface area contributed by atoms with Gasteiger partial charge in [0.05, 0.1) is 9.80 Å². The Morgan fingerprint density at radius 3 is 2.82 bits per heavy atom. The second-order valence-corrected chi connectivity index (χ2v) is 6.30. The van der Waals surface area contributed by atoms with Gasteiger partial charge in [0.2, 0.25) is 0 Å². The van der Waals surface area contributed by atoms with Crippen LogP contribution in [-0.4, -0.2) is 27.7 Å². The third-order valence-electron chi connectivity index (χ3n) is 2.07. The first-order chi connectivity index (χ1) is 7.95. The molecule has 0 saturated carbocycles. The van der Waals surface area contributed by atoms with Crippen molar-refractivity contribution in [2.75, 3.05) is 6.61 Å². The SMILES string of the molecule is CC(=O)c1cc([N+](=O)[O-])c(SC(C)CCO)s1. The van der Waals surface area contributed by atoms with Gasteiger partial charge in [-0.25, -0.2) is 0 Å². The Hall–Kier alpha value is -0.920. The van der Waals surface area contributed by atoms with E-state index in [-0.39, 0.29) is 23.3 Å². The highest BCUT2D eigenvalue weighted by Gasteiger charge is 2.22. The van der Waals surface area contributed by atoms with E-state index in [0.717, 1.165) is 11.3 Å². The van der Waals surface area contributed by atoms with E-state index in [1.807, 2.05) is 6.92 Å². The van der Waals surface area contributed by atoms with Crippen LogP contribution in [0.25, 0.3) is 0 Å². The predicted octanol–water partition coefficient (Wildman–Crippen LogP) is 2.72. The minimum absolute atomic E-state index is 0.0185. The van der Waals surface area contributed by atoms with Crippen molar-refractivity contribution >= 4 is 34.6 Å². The van der Waals surface area contributed by atoms with Crippen LogP contribution in [0, 0.1) is 10.1 Å². The molecule has 1 atom stereocenters. The number of nitrogens with zero attached hydrogens (tertiary/aromatic N) is 1. The average molecular weight is 275 g/mol. The number of hydrogen-bond donors (Lipinski definition) is 1. The molecule has 5 nitrogen and oxygen atoms in total. The summed E-state index contributed by atoms with van der Waals surface area (Å²) in [4.78, 5) is 21.9. The van der Waals surface area contributed by atoms with Crippen molar-refractivity contribution in [3.8, 4) is 0 Å². The second-order valence-electron chi connectivity index (χ2n) is 3.54. The smallest absolute Gasteiger partial charge is 0.294 e. The summed E-state index contributed by atoms with van der Waals surface area (Å²) >= 11 is 2.47. The van der Waals surface area contributed by atoms with Crippen molar-refractivity contribution in [3.05, 3.63) is 21.1 Å². The van der Waals surface area contributed by atoms with Crippen LogP contribution in [0.2, 0.25) is 0 Å². The van der Waals surface area contributed by atoms with Gasteiger partial charge >= 0.3 is 0 Å². The van der Waals surface area contributed by atoms with Gasteiger partial charge in [0.15, 0.2) is 5.78 Å². The zero-order valence-electron chi connectivity index (χ0n) is 9.50. The van der Waals surface area contributed by atoms with E-state index in [4.69, 9.17) is 5.11 Å². The number of nitro groups is 1.